The van der Waals surface area contributed by atoms with Gasteiger partial charge in [0.25, 0.3) is 5.91 Å². The van der Waals surface area contributed by atoms with Gasteiger partial charge in [-0.05, 0) is 33.3 Å². The molecule has 0 radical (unpaired) electrons. The average Bonchev–Trinajstić information content (AvgIpc) is 2.99. The van der Waals surface area contributed by atoms with Gasteiger partial charge in [0.1, 0.15) is 11.3 Å². The van der Waals surface area contributed by atoms with Crippen LogP contribution in [0.3, 0.4) is 0 Å². The Labute approximate surface area is 151 Å². The van der Waals surface area contributed by atoms with E-state index in [2.05, 4.69) is 15.6 Å². The Bertz CT molecular complexity index is 750. The number of nitrogens with one attached hydrogen (secondary N) is 2. The lowest BCUT2D eigenvalue weighted by atomic mass is 10.1. The van der Waals surface area contributed by atoms with E-state index in [1.54, 1.807) is 26.3 Å². The van der Waals surface area contributed by atoms with Gasteiger partial charge in [0.2, 0.25) is 0 Å². The predicted molar refractivity (Wildman–Crippen MR) is 98.9 cm³/mol. The number of amides is 2. The summed E-state index contributed by atoms with van der Waals surface area (Å²) in [5, 5.41) is 5.36. The van der Waals surface area contributed by atoms with E-state index in [-0.39, 0.29) is 12.5 Å². The van der Waals surface area contributed by atoms with Crippen LogP contribution in [0.2, 0.25) is 0 Å². The molecule has 0 fully saturated rings. The topological polar surface area (TPSA) is 80.3 Å². The zero-order chi connectivity index (χ0) is 18.4. The van der Waals surface area contributed by atoms with Crippen LogP contribution in [0, 0.1) is 6.92 Å². The molecule has 0 atom stereocenters. The molecule has 0 aliphatic heterocycles. The van der Waals surface area contributed by atoms with Gasteiger partial charge in [-0.3, -0.25) is 4.79 Å². The van der Waals surface area contributed by atoms with Crippen molar-refractivity contribution in [1.29, 1.82) is 0 Å². The minimum Gasteiger partial charge on any atom is -0.444 e. The van der Waals surface area contributed by atoms with Crippen LogP contribution in [0.15, 0.2) is 29.8 Å². The highest BCUT2D eigenvalue weighted by atomic mass is 32.1. The molecule has 0 aliphatic carbocycles. The molecule has 6 nitrogen and oxygen atoms in total. The van der Waals surface area contributed by atoms with Gasteiger partial charge < -0.3 is 15.4 Å². The lowest BCUT2D eigenvalue weighted by molar-refractivity contribution is 0.0526. The van der Waals surface area contributed by atoms with Crippen LogP contribution in [0.25, 0.3) is 10.4 Å². The van der Waals surface area contributed by atoms with E-state index in [0.29, 0.717) is 12.2 Å². The molecule has 2 N–H and O–H groups in total. The minimum atomic E-state index is -0.545. The lowest BCUT2D eigenvalue weighted by Crippen LogP contribution is -2.38. The average molecular weight is 361 g/mol. The summed E-state index contributed by atoms with van der Waals surface area (Å²) in [5.74, 6) is -0.260. The maximum Gasteiger partial charge on any atom is 0.407 e. The monoisotopic (exact) mass is 361 g/mol. The molecule has 7 heteroatoms. The van der Waals surface area contributed by atoms with Crippen LogP contribution in [-0.4, -0.2) is 35.7 Å². The summed E-state index contributed by atoms with van der Waals surface area (Å²) >= 11 is 1.43. The van der Waals surface area contributed by atoms with E-state index < -0.39 is 11.7 Å². The lowest BCUT2D eigenvalue weighted by Gasteiger charge is -2.19. The molecule has 0 bridgehead atoms. The number of nitrogens with zero attached hydrogens (tertiary/aromatic N) is 1. The summed E-state index contributed by atoms with van der Waals surface area (Å²) < 4.78 is 5.13. The first-order valence-corrected chi connectivity index (χ1v) is 8.90. The number of aromatic nitrogens is 1. The van der Waals surface area contributed by atoms with Gasteiger partial charge in [0.15, 0.2) is 0 Å². The van der Waals surface area contributed by atoms with Gasteiger partial charge in [0, 0.05) is 13.1 Å². The Balaban J connectivity index is 1.88. The van der Waals surface area contributed by atoms with Gasteiger partial charge in [-0.1, -0.05) is 29.8 Å². The van der Waals surface area contributed by atoms with Gasteiger partial charge >= 0.3 is 6.09 Å². The summed E-state index contributed by atoms with van der Waals surface area (Å²) in [6.07, 6.45) is -0.504. The first kappa shape index (κ1) is 18.9. The Kier molecular flexibility index (Phi) is 6.14. The summed E-state index contributed by atoms with van der Waals surface area (Å²) in [5.41, 5.74) is 3.61. The fourth-order valence-corrected chi connectivity index (χ4v) is 2.92. The highest BCUT2D eigenvalue weighted by Gasteiger charge is 2.17. The van der Waals surface area contributed by atoms with Gasteiger partial charge in [-0.2, -0.15) is 0 Å². The van der Waals surface area contributed by atoms with Crippen molar-refractivity contribution in [2.75, 3.05) is 13.1 Å². The summed E-state index contributed by atoms with van der Waals surface area (Å²) in [7, 11) is 0. The fourth-order valence-electron chi connectivity index (χ4n) is 2.14. The van der Waals surface area contributed by atoms with E-state index in [0.717, 1.165) is 16.0 Å². The third-order valence-electron chi connectivity index (χ3n) is 3.14. The molecule has 0 unspecified atom stereocenters. The summed E-state index contributed by atoms with van der Waals surface area (Å²) in [6.45, 7) is 7.97. The number of hydrogen-bond acceptors (Lipinski definition) is 5. The molecule has 0 aliphatic rings. The molecular weight excluding hydrogens is 338 g/mol. The predicted octanol–water partition coefficient (Wildman–Crippen LogP) is 3.37. The largest absolute Gasteiger partial charge is 0.444 e. The number of carbonyl (C=O) groups excluding carboxylic acids is 2. The molecule has 25 heavy (non-hydrogen) atoms. The Hall–Kier alpha value is -2.41. The second-order valence-corrected chi connectivity index (χ2v) is 7.44. The second-order valence-electron chi connectivity index (χ2n) is 6.58. The molecule has 0 saturated carbocycles. The molecular formula is C18H23N3O3S. The summed E-state index contributed by atoms with van der Waals surface area (Å²) in [4.78, 5) is 28.9. The first-order chi connectivity index (χ1) is 11.8. The molecule has 1 heterocycles. The summed E-state index contributed by atoms with van der Waals surface area (Å²) in [6, 6.07) is 7.94. The highest BCUT2D eigenvalue weighted by molar-refractivity contribution is 7.13. The normalized spacial score (nSPS) is 11.0. The van der Waals surface area contributed by atoms with Crippen molar-refractivity contribution >= 4 is 23.3 Å². The van der Waals surface area contributed by atoms with Crippen LogP contribution in [-0.2, 0) is 4.74 Å². The zero-order valence-electron chi connectivity index (χ0n) is 14.9. The number of alkyl carbamates (subject to hydrolysis) is 1. The minimum absolute atomic E-state index is 0.260. The Morgan fingerprint density at radius 1 is 1.20 bits per heavy atom. The van der Waals surface area contributed by atoms with Gasteiger partial charge in [-0.25, -0.2) is 9.78 Å². The SMILES string of the molecule is Cc1cccc(-c2scnc2C(=O)NCCNC(=O)OC(C)(C)C)c1. The number of ether oxygens (including phenoxy) is 1. The van der Waals surface area contributed by atoms with Crippen molar-refractivity contribution in [3.63, 3.8) is 0 Å². The number of rotatable bonds is 5. The quantitative estimate of drug-likeness (QED) is 0.800. The maximum atomic E-state index is 12.3. The molecule has 2 rings (SSSR count). The van der Waals surface area contributed by atoms with E-state index in [1.165, 1.54) is 11.3 Å². The van der Waals surface area contributed by atoms with Crippen molar-refractivity contribution in [3.05, 3.63) is 41.0 Å². The fraction of sp³-hybridized carbons (Fsp3) is 0.389. The molecule has 1 aromatic carbocycles. The Morgan fingerprint density at radius 3 is 2.60 bits per heavy atom. The first-order valence-electron chi connectivity index (χ1n) is 8.02. The molecule has 2 amide bonds. The van der Waals surface area contributed by atoms with Gasteiger partial charge in [-0.15, -0.1) is 11.3 Å². The van der Waals surface area contributed by atoms with Crippen molar-refractivity contribution in [3.8, 4) is 10.4 Å². The van der Waals surface area contributed by atoms with Crippen molar-refractivity contribution < 1.29 is 14.3 Å². The van der Waals surface area contributed by atoms with Crippen molar-refractivity contribution in [2.24, 2.45) is 0 Å². The standard InChI is InChI=1S/C18H23N3O3S/c1-12-6-5-7-13(10-12)15-14(21-11-25-15)16(22)19-8-9-20-17(23)24-18(2,3)4/h5-7,10-11H,8-9H2,1-4H3,(H,19,22)(H,20,23). The number of benzene rings is 1. The smallest absolute Gasteiger partial charge is 0.407 e. The number of hydrogen-bond donors (Lipinski definition) is 2. The molecule has 0 saturated heterocycles. The van der Waals surface area contributed by atoms with Crippen LogP contribution in [0.1, 0.15) is 36.8 Å². The van der Waals surface area contributed by atoms with E-state index >= 15 is 0 Å². The maximum absolute atomic E-state index is 12.3. The van der Waals surface area contributed by atoms with Crippen LogP contribution < -0.4 is 10.6 Å². The van der Waals surface area contributed by atoms with E-state index in [4.69, 9.17) is 4.74 Å². The van der Waals surface area contributed by atoms with Crippen molar-refractivity contribution in [1.82, 2.24) is 15.6 Å². The third kappa shape index (κ3) is 5.86. The Morgan fingerprint density at radius 2 is 1.92 bits per heavy atom. The second kappa shape index (κ2) is 8.11. The number of aryl methyl sites for hydroxylation is 1. The highest BCUT2D eigenvalue weighted by Crippen LogP contribution is 2.28. The van der Waals surface area contributed by atoms with Crippen LogP contribution >= 0.6 is 11.3 Å². The zero-order valence-corrected chi connectivity index (χ0v) is 15.7. The molecule has 2 aromatic rings. The van der Waals surface area contributed by atoms with Gasteiger partial charge in [0.05, 0.1) is 10.4 Å². The molecule has 134 valence electrons. The third-order valence-corrected chi connectivity index (χ3v) is 4.02. The van der Waals surface area contributed by atoms with Crippen LogP contribution in [0.4, 0.5) is 4.79 Å². The number of carbonyl (C=O) groups is 2. The van der Waals surface area contributed by atoms with Crippen molar-refractivity contribution in [2.45, 2.75) is 33.3 Å². The van der Waals surface area contributed by atoms with Crippen LogP contribution in [0.5, 0.6) is 0 Å². The van der Waals surface area contributed by atoms with E-state index in [9.17, 15) is 9.59 Å². The van der Waals surface area contributed by atoms with E-state index in [1.807, 2.05) is 31.2 Å². The molecule has 0 spiro atoms. The number of thiazole rings is 1. The molecule has 1 aromatic heterocycles.